The van der Waals surface area contributed by atoms with Gasteiger partial charge in [0.05, 0.1) is 10.0 Å². The Labute approximate surface area is 155 Å². The first kappa shape index (κ1) is 17.3. The highest BCUT2D eigenvalue weighted by Gasteiger charge is 2.17. The molecule has 9 heteroatoms. The number of aryl methyl sites for hydroxylation is 3. The fourth-order valence-corrected chi connectivity index (χ4v) is 3.22. The van der Waals surface area contributed by atoms with E-state index in [9.17, 15) is 9.59 Å². The highest BCUT2D eigenvalue weighted by molar-refractivity contribution is 9.10. The van der Waals surface area contributed by atoms with Gasteiger partial charge in [-0.2, -0.15) is 0 Å². The molecule has 24 heavy (non-hydrogen) atoms. The molecule has 0 bridgehead atoms. The molecule has 0 saturated heterocycles. The lowest BCUT2D eigenvalue weighted by molar-refractivity contribution is 0.601. The average molecular weight is 432 g/mol. The minimum atomic E-state index is -0.404. The zero-order valence-electron chi connectivity index (χ0n) is 12.9. The maximum Gasteiger partial charge on any atom is 0.332 e. The number of halogens is 3. The maximum absolute atomic E-state index is 12.7. The maximum atomic E-state index is 12.7. The molecule has 0 unspecified atom stereocenters. The minimum Gasteiger partial charge on any atom is -0.316 e. The molecular formula is C15H13BrCl2N4O2. The van der Waals surface area contributed by atoms with Crippen molar-refractivity contribution in [1.82, 2.24) is 18.7 Å². The average Bonchev–Trinajstić information content (AvgIpc) is 2.84. The molecule has 3 aromatic rings. The summed E-state index contributed by atoms with van der Waals surface area (Å²) in [5.41, 5.74) is 0.847. The number of aromatic nitrogens is 4. The summed E-state index contributed by atoms with van der Waals surface area (Å²) in [4.78, 5) is 29.4. The minimum absolute atomic E-state index is 0.238. The summed E-state index contributed by atoms with van der Waals surface area (Å²) in [6.45, 7) is 0.238. The number of fused-ring (bicyclic) bond motifs is 1. The molecule has 0 aliphatic carbocycles. The molecule has 0 radical (unpaired) electrons. The summed E-state index contributed by atoms with van der Waals surface area (Å²) in [5.74, 6) is 0. The first-order valence-electron chi connectivity index (χ1n) is 7.07. The van der Waals surface area contributed by atoms with E-state index in [0.29, 0.717) is 32.4 Å². The monoisotopic (exact) mass is 430 g/mol. The van der Waals surface area contributed by atoms with Crippen LogP contribution in [0.3, 0.4) is 0 Å². The third-order valence-electron chi connectivity index (χ3n) is 3.91. The topological polar surface area (TPSA) is 61.8 Å². The van der Waals surface area contributed by atoms with E-state index >= 15 is 0 Å². The van der Waals surface area contributed by atoms with Gasteiger partial charge in [0.15, 0.2) is 15.9 Å². The van der Waals surface area contributed by atoms with Crippen molar-refractivity contribution in [3.8, 4) is 0 Å². The Balaban J connectivity index is 2.06. The lowest BCUT2D eigenvalue weighted by Gasteiger charge is -2.09. The molecule has 126 valence electrons. The van der Waals surface area contributed by atoms with Gasteiger partial charge in [0.1, 0.15) is 0 Å². The van der Waals surface area contributed by atoms with Gasteiger partial charge in [-0.05, 0) is 40.0 Å². The van der Waals surface area contributed by atoms with Crippen molar-refractivity contribution < 1.29 is 0 Å². The first-order valence-corrected chi connectivity index (χ1v) is 8.62. The second-order valence-corrected chi connectivity index (χ2v) is 6.93. The molecule has 2 aromatic heterocycles. The molecule has 0 aliphatic rings. The highest BCUT2D eigenvalue weighted by atomic mass is 79.9. The Bertz CT molecular complexity index is 1070. The second-order valence-electron chi connectivity index (χ2n) is 5.41. The third-order valence-corrected chi connectivity index (χ3v) is 5.36. The van der Waals surface area contributed by atoms with Gasteiger partial charge >= 0.3 is 5.69 Å². The lowest BCUT2D eigenvalue weighted by atomic mass is 10.1. The predicted molar refractivity (Wildman–Crippen MR) is 98.1 cm³/mol. The molecule has 0 aliphatic heterocycles. The number of hydrogen-bond acceptors (Lipinski definition) is 3. The number of nitrogens with zero attached hydrogens (tertiary/aromatic N) is 4. The summed E-state index contributed by atoms with van der Waals surface area (Å²) in [7, 11) is 3.31. The summed E-state index contributed by atoms with van der Waals surface area (Å²) >= 11 is 15.2. The zero-order valence-corrected chi connectivity index (χ0v) is 16.0. The van der Waals surface area contributed by atoms with Crippen LogP contribution in [0.5, 0.6) is 0 Å². The van der Waals surface area contributed by atoms with E-state index in [1.165, 1.54) is 9.13 Å². The van der Waals surface area contributed by atoms with Gasteiger partial charge in [-0.3, -0.25) is 13.9 Å². The molecular weight excluding hydrogens is 419 g/mol. The van der Waals surface area contributed by atoms with Crippen LogP contribution in [0, 0.1) is 0 Å². The smallest absolute Gasteiger partial charge is 0.316 e. The molecule has 0 spiro atoms. The Morgan fingerprint density at radius 1 is 1.12 bits per heavy atom. The molecule has 2 heterocycles. The molecule has 1 aromatic carbocycles. The van der Waals surface area contributed by atoms with Crippen LogP contribution in [0.4, 0.5) is 0 Å². The molecule has 0 atom stereocenters. The quantitative estimate of drug-likeness (QED) is 0.599. The highest BCUT2D eigenvalue weighted by Crippen LogP contribution is 2.22. The van der Waals surface area contributed by atoms with Crippen molar-refractivity contribution in [2.24, 2.45) is 14.1 Å². The van der Waals surface area contributed by atoms with Crippen LogP contribution in [0.25, 0.3) is 11.2 Å². The van der Waals surface area contributed by atoms with Crippen molar-refractivity contribution in [2.75, 3.05) is 0 Å². The van der Waals surface area contributed by atoms with Crippen LogP contribution in [-0.4, -0.2) is 18.7 Å². The largest absolute Gasteiger partial charge is 0.332 e. The van der Waals surface area contributed by atoms with Gasteiger partial charge in [-0.1, -0.05) is 29.3 Å². The van der Waals surface area contributed by atoms with E-state index in [-0.39, 0.29) is 12.1 Å². The normalized spacial score (nSPS) is 11.4. The fourth-order valence-electron chi connectivity index (χ4n) is 2.55. The van der Waals surface area contributed by atoms with Gasteiger partial charge < -0.3 is 4.57 Å². The van der Waals surface area contributed by atoms with Gasteiger partial charge in [0.2, 0.25) is 0 Å². The van der Waals surface area contributed by atoms with Gasteiger partial charge in [0, 0.05) is 20.6 Å². The van der Waals surface area contributed by atoms with Crippen LogP contribution >= 0.6 is 39.1 Å². The summed E-state index contributed by atoms with van der Waals surface area (Å²) in [6.07, 6.45) is 0.483. The van der Waals surface area contributed by atoms with Crippen molar-refractivity contribution in [3.05, 3.63) is 59.4 Å². The molecule has 0 saturated carbocycles. The van der Waals surface area contributed by atoms with E-state index in [1.54, 1.807) is 30.8 Å². The molecule has 3 rings (SSSR count). The van der Waals surface area contributed by atoms with E-state index in [1.807, 2.05) is 6.07 Å². The zero-order chi connectivity index (χ0) is 17.6. The summed E-state index contributed by atoms with van der Waals surface area (Å²) < 4.78 is 4.69. The third kappa shape index (κ3) is 2.81. The van der Waals surface area contributed by atoms with Crippen molar-refractivity contribution >= 4 is 50.3 Å². The number of imidazole rings is 1. The van der Waals surface area contributed by atoms with Gasteiger partial charge in [0.25, 0.3) is 5.56 Å². The van der Waals surface area contributed by atoms with Crippen LogP contribution in [0.1, 0.15) is 5.56 Å². The van der Waals surface area contributed by atoms with Crippen LogP contribution < -0.4 is 11.2 Å². The Hall–Kier alpha value is -1.57. The van der Waals surface area contributed by atoms with Gasteiger partial charge in [-0.15, -0.1) is 0 Å². The molecule has 0 amide bonds. The number of benzene rings is 1. The van der Waals surface area contributed by atoms with E-state index < -0.39 is 5.69 Å². The Kier molecular flexibility index (Phi) is 4.59. The Morgan fingerprint density at radius 3 is 2.50 bits per heavy atom. The van der Waals surface area contributed by atoms with Crippen LogP contribution in [-0.2, 0) is 27.1 Å². The van der Waals surface area contributed by atoms with Crippen molar-refractivity contribution in [1.29, 1.82) is 0 Å². The van der Waals surface area contributed by atoms with E-state index in [4.69, 9.17) is 23.2 Å². The fraction of sp³-hybridized carbons (Fsp3) is 0.267. The molecule has 0 fully saturated rings. The van der Waals surface area contributed by atoms with E-state index in [2.05, 4.69) is 20.9 Å². The lowest BCUT2D eigenvalue weighted by Crippen LogP contribution is -2.40. The SMILES string of the molecule is Cn1c(Br)nc2c1c(=O)n(CCc1ccc(Cl)c(Cl)c1)c(=O)n2C. The van der Waals surface area contributed by atoms with Crippen molar-refractivity contribution in [2.45, 2.75) is 13.0 Å². The number of hydrogen-bond donors (Lipinski definition) is 0. The standard InChI is InChI=1S/C15H13BrCl2N4O2/c1-20-11-12(19-14(20)16)21(2)15(24)22(13(11)23)6-5-8-3-4-9(17)10(18)7-8/h3-4,7H,5-6H2,1-2H3. The molecule has 6 nitrogen and oxygen atoms in total. The first-order chi connectivity index (χ1) is 11.3. The molecule has 0 N–H and O–H groups in total. The summed E-state index contributed by atoms with van der Waals surface area (Å²) in [6, 6.07) is 5.25. The van der Waals surface area contributed by atoms with Gasteiger partial charge in [-0.25, -0.2) is 9.78 Å². The second kappa shape index (κ2) is 6.38. The number of rotatable bonds is 3. The van der Waals surface area contributed by atoms with Crippen molar-refractivity contribution in [3.63, 3.8) is 0 Å². The summed E-state index contributed by atoms with van der Waals surface area (Å²) in [5, 5.41) is 0.912. The van der Waals surface area contributed by atoms with E-state index in [0.717, 1.165) is 5.56 Å². The Morgan fingerprint density at radius 2 is 1.83 bits per heavy atom. The van der Waals surface area contributed by atoms with Crippen LogP contribution in [0.15, 0.2) is 32.5 Å². The van der Waals surface area contributed by atoms with Crippen LogP contribution in [0.2, 0.25) is 10.0 Å². The predicted octanol–water partition coefficient (Wildman–Crippen LogP) is 2.75.